The Labute approximate surface area is 146 Å². The first-order valence-electron chi connectivity index (χ1n) is 8.62. The smallest absolute Gasteiger partial charge is 0.231 e. The molecule has 2 aliphatic rings. The number of likely N-dealkylation sites (N-methyl/N-ethyl adjacent to an activating group) is 1. The highest BCUT2D eigenvalue weighted by molar-refractivity contribution is 7.13. The summed E-state index contributed by atoms with van der Waals surface area (Å²) in [5, 5.41) is 6.67. The third-order valence-corrected chi connectivity index (χ3v) is 5.46. The summed E-state index contributed by atoms with van der Waals surface area (Å²) in [4.78, 5) is 7.30. The van der Waals surface area contributed by atoms with E-state index in [1.807, 2.05) is 18.2 Å². The van der Waals surface area contributed by atoms with Crippen LogP contribution in [0.3, 0.4) is 0 Å². The van der Waals surface area contributed by atoms with Gasteiger partial charge in [-0.05, 0) is 37.6 Å². The molecule has 24 heavy (non-hydrogen) atoms. The minimum atomic E-state index is 0.307. The van der Waals surface area contributed by atoms with E-state index in [0.717, 1.165) is 60.0 Å². The van der Waals surface area contributed by atoms with Crippen LogP contribution in [0.5, 0.6) is 11.5 Å². The number of hydrogen-bond donors (Lipinski definition) is 1. The maximum Gasteiger partial charge on any atom is 0.231 e. The minimum absolute atomic E-state index is 0.307. The number of nitrogens with one attached hydrogen (secondary N) is 1. The third kappa shape index (κ3) is 3.55. The van der Waals surface area contributed by atoms with Crippen LogP contribution in [-0.4, -0.2) is 42.4 Å². The summed E-state index contributed by atoms with van der Waals surface area (Å²) < 4.78 is 10.8. The van der Waals surface area contributed by atoms with Crippen molar-refractivity contribution in [1.29, 1.82) is 0 Å². The van der Waals surface area contributed by atoms with Gasteiger partial charge in [0, 0.05) is 36.6 Å². The highest BCUT2D eigenvalue weighted by atomic mass is 32.1. The lowest BCUT2D eigenvalue weighted by Crippen LogP contribution is -2.33. The molecule has 0 bridgehead atoms. The van der Waals surface area contributed by atoms with E-state index in [2.05, 4.69) is 22.5 Å². The average molecular weight is 345 g/mol. The van der Waals surface area contributed by atoms with Gasteiger partial charge in [0.2, 0.25) is 6.79 Å². The molecule has 0 radical (unpaired) electrons. The summed E-state index contributed by atoms with van der Waals surface area (Å²) in [6.07, 6.45) is 2.75. The Morgan fingerprint density at radius 2 is 2.17 bits per heavy atom. The second-order valence-corrected chi connectivity index (χ2v) is 7.11. The van der Waals surface area contributed by atoms with Gasteiger partial charge in [0.25, 0.3) is 0 Å². The summed E-state index contributed by atoms with van der Waals surface area (Å²) in [5.74, 6) is 1.62. The summed E-state index contributed by atoms with van der Waals surface area (Å²) >= 11 is 1.67. The molecule has 1 saturated carbocycles. The fraction of sp³-hybridized carbons (Fsp3) is 0.500. The van der Waals surface area contributed by atoms with Crippen molar-refractivity contribution in [2.24, 2.45) is 0 Å². The van der Waals surface area contributed by atoms with Gasteiger partial charge in [-0.15, -0.1) is 11.3 Å². The van der Waals surface area contributed by atoms with Crippen LogP contribution in [0.1, 0.15) is 25.5 Å². The number of thiazole rings is 1. The Morgan fingerprint density at radius 3 is 3.00 bits per heavy atom. The van der Waals surface area contributed by atoms with E-state index in [1.54, 1.807) is 11.3 Å². The first-order valence-corrected chi connectivity index (χ1v) is 9.50. The fourth-order valence-electron chi connectivity index (χ4n) is 3.03. The molecule has 1 aliphatic heterocycles. The lowest BCUT2D eigenvalue weighted by atomic mass is 10.2. The van der Waals surface area contributed by atoms with Crippen LogP contribution in [0.2, 0.25) is 0 Å². The average Bonchev–Trinajstić information content (AvgIpc) is 3.15. The van der Waals surface area contributed by atoms with Crippen molar-refractivity contribution in [3.63, 3.8) is 0 Å². The Kier molecular flexibility index (Phi) is 4.69. The van der Waals surface area contributed by atoms with Crippen LogP contribution >= 0.6 is 11.3 Å². The number of fused-ring (bicyclic) bond motifs is 1. The van der Waals surface area contributed by atoms with Crippen molar-refractivity contribution in [2.45, 2.75) is 32.4 Å². The number of ether oxygens (including phenoxy) is 2. The molecular weight excluding hydrogens is 322 g/mol. The summed E-state index contributed by atoms with van der Waals surface area (Å²) in [5.41, 5.74) is 2.18. The monoisotopic (exact) mass is 345 g/mol. The van der Waals surface area contributed by atoms with E-state index in [4.69, 9.17) is 14.5 Å². The molecule has 1 fully saturated rings. The first kappa shape index (κ1) is 15.9. The molecule has 6 heteroatoms. The number of hydrogen-bond acceptors (Lipinski definition) is 6. The normalized spacial score (nSPS) is 16.1. The van der Waals surface area contributed by atoms with Gasteiger partial charge >= 0.3 is 0 Å². The molecule has 0 unspecified atom stereocenters. The minimum Gasteiger partial charge on any atom is -0.454 e. The van der Waals surface area contributed by atoms with Gasteiger partial charge in [-0.3, -0.25) is 4.90 Å². The van der Waals surface area contributed by atoms with Crippen LogP contribution < -0.4 is 14.8 Å². The topological polar surface area (TPSA) is 46.6 Å². The molecule has 1 aromatic carbocycles. The van der Waals surface area contributed by atoms with Gasteiger partial charge in [-0.1, -0.05) is 6.92 Å². The van der Waals surface area contributed by atoms with Crippen molar-refractivity contribution in [2.75, 3.05) is 26.4 Å². The summed E-state index contributed by atoms with van der Waals surface area (Å²) in [7, 11) is 0. The maximum absolute atomic E-state index is 5.44. The van der Waals surface area contributed by atoms with E-state index >= 15 is 0 Å². The molecule has 5 nitrogen and oxygen atoms in total. The van der Waals surface area contributed by atoms with Gasteiger partial charge in [-0.25, -0.2) is 4.98 Å². The van der Waals surface area contributed by atoms with Gasteiger partial charge in [0.1, 0.15) is 5.01 Å². The van der Waals surface area contributed by atoms with E-state index in [1.165, 1.54) is 12.8 Å². The number of rotatable bonds is 8. The quantitative estimate of drug-likeness (QED) is 0.745. The molecule has 0 saturated heterocycles. The van der Waals surface area contributed by atoms with E-state index in [0.29, 0.717) is 6.79 Å². The first-order chi connectivity index (χ1) is 11.8. The molecule has 2 aromatic rings. The molecule has 1 N–H and O–H groups in total. The molecule has 0 spiro atoms. The summed E-state index contributed by atoms with van der Waals surface area (Å²) in [6, 6.07) is 6.84. The van der Waals surface area contributed by atoms with Gasteiger partial charge < -0.3 is 14.8 Å². The maximum atomic E-state index is 5.44. The highest BCUT2D eigenvalue weighted by Crippen LogP contribution is 2.36. The van der Waals surface area contributed by atoms with E-state index < -0.39 is 0 Å². The third-order valence-electron chi connectivity index (χ3n) is 4.52. The molecule has 4 rings (SSSR count). The van der Waals surface area contributed by atoms with Crippen LogP contribution in [0, 0.1) is 0 Å². The Balaban J connectivity index is 1.30. The van der Waals surface area contributed by atoms with Gasteiger partial charge in [0.05, 0.1) is 5.69 Å². The summed E-state index contributed by atoms with van der Waals surface area (Å²) in [6.45, 7) is 6.67. The molecule has 128 valence electrons. The highest BCUT2D eigenvalue weighted by Gasteiger charge is 2.27. The number of benzene rings is 1. The SMILES string of the molecule is CCN(CCNCc1csc(-c2ccc3c(c2)OCO3)n1)C1CC1. The lowest BCUT2D eigenvalue weighted by molar-refractivity contribution is 0.174. The fourth-order valence-corrected chi connectivity index (χ4v) is 3.84. The Morgan fingerprint density at radius 1 is 1.29 bits per heavy atom. The molecular formula is C18H23N3O2S. The van der Waals surface area contributed by atoms with Gasteiger partial charge in [-0.2, -0.15) is 0 Å². The second kappa shape index (κ2) is 7.09. The van der Waals surface area contributed by atoms with Crippen molar-refractivity contribution in [3.8, 4) is 22.1 Å². The van der Waals surface area contributed by atoms with Crippen molar-refractivity contribution >= 4 is 11.3 Å². The second-order valence-electron chi connectivity index (χ2n) is 6.25. The molecule has 0 amide bonds. The molecule has 1 aliphatic carbocycles. The Hall–Kier alpha value is -1.63. The Bertz CT molecular complexity index is 699. The van der Waals surface area contributed by atoms with Crippen LogP contribution in [0.15, 0.2) is 23.6 Å². The van der Waals surface area contributed by atoms with Crippen LogP contribution in [0.25, 0.3) is 10.6 Å². The number of aromatic nitrogens is 1. The van der Waals surface area contributed by atoms with E-state index in [-0.39, 0.29) is 0 Å². The van der Waals surface area contributed by atoms with Crippen LogP contribution in [0.4, 0.5) is 0 Å². The van der Waals surface area contributed by atoms with Crippen LogP contribution in [-0.2, 0) is 6.54 Å². The molecule has 2 heterocycles. The largest absolute Gasteiger partial charge is 0.454 e. The number of nitrogens with zero attached hydrogens (tertiary/aromatic N) is 2. The zero-order valence-corrected chi connectivity index (χ0v) is 14.8. The van der Waals surface area contributed by atoms with Crippen molar-refractivity contribution < 1.29 is 9.47 Å². The van der Waals surface area contributed by atoms with Crippen molar-refractivity contribution in [3.05, 3.63) is 29.3 Å². The van der Waals surface area contributed by atoms with E-state index in [9.17, 15) is 0 Å². The van der Waals surface area contributed by atoms with Crippen molar-refractivity contribution in [1.82, 2.24) is 15.2 Å². The zero-order valence-electron chi connectivity index (χ0n) is 14.0. The van der Waals surface area contributed by atoms with Gasteiger partial charge in [0.15, 0.2) is 11.5 Å². The molecule has 1 aromatic heterocycles. The predicted octanol–water partition coefficient (Wildman–Crippen LogP) is 3.11. The lowest BCUT2D eigenvalue weighted by Gasteiger charge is -2.19. The standard InChI is InChI=1S/C18H23N3O2S/c1-2-21(15-4-5-15)8-7-19-10-14-11-24-18(20-14)13-3-6-16-17(9-13)23-12-22-16/h3,6,9,11,15,19H,2,4-5,7-8,10,12H2,1H3. The predicted molar refractivity (Wildman–Crippen MR) is 95.6 cm³/mol. The zero-order chi connectivity index (χ0) is 16.4. The molecule has 0 atom stereocenters.